The summed E-state index contributed by atoms with van der Waals surface area (Å²) in [6.07, 6.45) is 3.44. The van der Waals surface area contributed by atoms with Crippen LogP contribution in [-0.2, 0) is 6.54 Å². The minimum Gasteiger partial charge on any atom is -0.434 e. The lowest BCUT2D eigenvalue weighted by molar-refractivity contribution is -0.0505. The maximum absolute atomic E-state index is 12.4. The third-order valence-electron chi connectivity index (χ3n) is 3.04. The second kappa shape index (κ2) is 7.47. The molecule has 0 amide bonds. The lowest BCUT2D eigenvalue weighted by Crippen LogP contribution is -2.19. The van der Waals surface area contributed by atoms with E-state index in [0.717, 1.165) is 10.0 Å². The first kappa shape index (κ1) is 15.9. The summed E-state index contributed by atoms with van der Waals surface area (Å²) in [6.45, 7) is -0.408. The number of nitrogens with zero attached hydrogens (tertiary/aromatic N) is 1. The van der Waals surface area contributed by atoms with Crippen LogP contribution in [0.3, 0.4) is 0 Å². The summed E-state index contributed by atoms with van der Waals surface area (Å²) in [6, 6.07) is 8.87. The third kappa shape index (κ3) is 4.75. The summed E-state index contributed by atoms with van der Waals surface area (Å²) in [4.78, 5) is 3.97. The third-order valence-corrected chi connectivity index (χ3v) is 3.54. The van der Waals surface area contributed by atoms with Crippen molar-refractivity contribution in [3.63, 3.8) is 0 Å². The maximum Gasteiger partial charge on any atom is 0.387 e. The van der Waals surface area contributed by atoms with Crippen molar-refractivity contribution >= 4 is 15.9 Å². The van der Waals surface area contributed by atoms with Crippen LogP contribution in [0.1, 0.15) is 24.1 Å². The fraction of sp³-hybridized carbons (Fsp3) is 0.267. The average molecular weight is 357 g/mol. The highest BCUT2D eigenvalue weighted by molar-refractivity contribution is 9.10. The number of ether oxygens (including phenoxy) is 1. The van der Waals surface area contributed by atoms with Gasteiger partial charge in [0.15, 0.2) is 0 Å². The Bertz CT molecular complexity index is 581. The predicted molar refractivity (Wildman–Crippen MR) is 80.3 cm³/mol. The number of hydrogen-bond acceptors (Lipinski definition) is 3. The van der Waals surface area contributed by atoms with Crippen LogP contribution >= 0.6 is 15.9 Å². The first-order valence-electron chi connectivity index (χ1n) is 6.43. The Morgan fingerprint density at radius 2 is 1.95 bits per heavy atom. The summed E-state index contributed by atoms with van der Waals surface area (Å²) < 4.78 is 30.2. The van der Waals surface area contributed by atoms with Gasteiger partial charge in [-0.25, -0.2) is 0 Å². The zero-order valence-corrected chi connectivity index (χ0v) is 13.0. The van der Waals surface area contributed by atoms with Crippen molar-refractivity contribution in [3.8, 4) is 5.75 Å². The van der Waals surface area contributed by atoms with Crippen LogP contribution in [0.25, 0.3) is 0 Å². The van der Waals surface area contributed by atoms with Gasteiger partial charge in [-0.2, -0.15) is 8.78 Å². The van der Waals surface area contributed by atoms with E-state index in [1.54, 1.807) is 24.5 Å². The minimum absolute atomic E-state index is 0.0754. The SMILES string of the molecule is C[C@H](NCc1cc(Br)ccc1OC(F)F)c1ccncc1. The molecule has 6 heteroatoms. The van der Waals surface area contributed by atoms with Gasteiger partial charge in [-0.05, 0) is 42.8 Å². The van der Waals surface area contributed by atoms with E-state index in [9.17, 15) is 8.78 Å². The predicted octanol–water partition coefficient (Wildman–Crippen LogP) is 4.30. The largest absolute Gasteiger partial charge is 0.434 e. The van der Waals surface area contributed by atoms with Crippen LogP contribution in [0.15, 0.2) is 47.2 Å². The number of aromatic nitrogens is 1. The number of benzene rings is 1. The van der Waals surface area contributed by atoms with Gasteiger partial charge in [0.2, 0.25) is 0 Å². The van der Waals surface area contributed by atoms with E-state index in [1.165, 1.54) is 6.07 Å². The zero-order valence-electron chi connectivity index (χ0n) is 11.4. The van der Waals surface area contributed by atoms with Gasteiger partial charge in [0, 0.05) is 35.0 Å². The Kier molecular flexibility index (Phi) is 5.64. The van der Waals surface area contributed by atoms with Crippen LogP contribution in [0, 0.1) is 0 Å². The van der Waals surface area contributed by atoms with Crippen molar-refractivity contribution in [2.75, 3.05) is 0 Å². The topological polar surface area (TPSA) is 34.1 Å². The van der Waals surface area contributed by atoms with Gasteiger partial charge in [0.1, 0.15) is 5.75 Å². The molecule has 21 heavy (non-hydrogen) atoms. The number of nitrogens with one attached hydrogen (secondary N) is 1. The molecule has 1 aromatic heterocycles. The molecule has 3 nitrogen and oxygen atoms in total. The second-order valence-corrected chi connectivity index (χ2v) is 5.43. The molecule has 0 aliphatic rings. The smallest absolute Gasteiger partial charge is 0.387 e. The summed E-state index contributed by atoms with van der Waals surface area (Å²) in [7, 11) is 0. The Morgan fingerprint density at radius 3 is 2.62 bits per heavy atom. The summed E-state index contributed by atoms with van der Waals surface area (Å²) >= 11 is 3.34. The molecule has 1 N–H and O–H groups in total. The molecule has 0 saturated carbocycles. The standard InChI is InChI=1S/C15H15BrF2N2O/c1-10(11-4-6-19-7-5-11)20-9-12-8-13(16)2-3-14(12)21-15(17)18/h2-8,10,15,20H,9H2,1H3/t10-/m0/s1. The first-order chi connectivity index (χ1) is 10.1. The van der Waals surface area contributed by atoms with Gasteiger partial charge in [-0.15, -0.1) is 0 Å². The molecule has 0 unspecified atom stereocenters. The highest BCUT2D eigenvalue weighted by Gasteiger charge is 2.11. The quantitative estimate of drug-likeness (QED) is 0.837. The van der Waals surface area contributed by atoms with Crippen molar-refractivity contribution < 1.29 is 13.5 Å². The Morgan fingerprint density at radius 1 is 1.24 bits per heavy atom. The molecule has 0 radical (unpaired) electrons. The number of alkyl halides is 2. The van der Waals surface area contributed by atoms with Gasteiger partial charge in [0.05, 0.1) is 0 Å². The van der Waals surface area contributed by atoms with Crippen LogP contribution < -0.4 is 10.1 Å². The molecule has 1 aromatic carbocycles. The monoisotopic (exact) mass is 356 g/mol. The Balaban J connectivity index is 2.07. The Hall–Kier alpha value is -1.53. The lowest BCUT2D eigenvalue weighted by atomic mass is 10.1. The van der Waals surface area contributed by atoms with Gasteiger partial charge in [0.25, 0.3) is 0 Å². The normalized spacial score (nSPS) is 12.4. The number of halogens is 3. The fourth-order valence-electron chi connectivity index (χ4n) is 1.93. The van der Waals surface area contributed by atoms with Crippen molar-refractivity contribution in [2.45, 2.75) is 26.1 Å². The summed E-state index contributed by atoms with van der Waals surface area (Å²) in [5.41, 5.74) is 1.75. The highest BCUT2D eigenvalue weighted by Crippen LogP contribution is 2.25. The molecule has 112 valence electrons. The van der Waals surface area contributed by atoms with E-state index < -0.39 is 6.61 Å². The molecule has 2 aromatic rings. The molecule has 0 bridgehead atoms. The summed E-state index contributed by atoms with van der Waals surface area (Å²) in [5, 5.41) is 3.28. The van der Waals surface area contributed by atoms with Crippen LogP contribution in [-0.4, -0.2) is 11.6 Å². The van der Waals surface area contributed by atoms with E-state index in [4.69, 9.17) is 0 Å². The van der Waals surface area contributed by atoms with Crippen molar-refractivity contribution in [3.05, 3.63) is 58.3 Å². The molecule has 2 rings (SSSR count). The average Bonchev–Trinajstić information content (AvgIpc) is 2.47. The molecule has 0 spiro atoms. The first-order valence-corrected chi connectivity index (χ1v) is 7.22. The molecular formula is C15H15BrF2N2O. The number of pyridine rings is 1. The van der Waals surface area contributed by atoms with E-state index in [1.807, 2.05) is 19.1 Å². The highest BCUT2D eigenvalue weighted by atomic mass is 79.9. The molecule has 0 saturated heterocycles. The molecule has 1 heterocycles. The molecule has 0 aliphatic heterocycles. The summed E-state index contributed by atoms with van der Waals surface area (Å²) in [5.74, 6) is 0.183. The zero-order chi connectivity index (χ0) is 15.2. The number of rotatable bonds is 6. The minimum atomic E-state index is -2.83. The van der Waals surface area contributed by atoms with Crippen molar-refractivity contribution in [1.29, 1.82) is 0 Å². The van der Waals surface area contributed by atoms with Gasteiger partial charge in [-0.3, -0.25) is 4.98 Å². The van der Waals surface area contributed by atoms with Crippen molar-refractivity contribution in [2.24, 2.45) is 0 Å². The maximum atomic E-state index is 12.4. The molecule has 0 fully saturated rings. The molecule has 0 aliphatic carbocycles. The van der Waals surface area contributed by atoms with E-state index in [-0.39, 0.29) is 11.8 Å². The van der Waals surface area contributed by atoms with Gasteiger partial charge >= 0.3 is 6.61 Å². The van der Waals surface area contributed by atoms with Crippen molar-refractivity contribution in [1.82, 2.24) is 10.3 Å². The fourth-order valence-corrected chi connectivity index (χ4v) is 2.34. The van der Waals surface area contributed by atoms with E-state index in [0.29, 0.717) is 12.1 Å². The van der Waals surface area contributed by atoms with Crippen LogP contribution in [0.2, 0.25) is 0 Å². The van der Waals surface area contributed by atoms with Gasteiger partial charge < -0.3 is 10.1 Å². The van der Waals surface area contributed by atoms with Crippen LogP contribution in [0.4, 0.5) is 8.78 Å². The van der Waals surface area contributed by atoms with E-state index in [2.05, 4.69) is 31.0 Å². The van der Waals surface area contributed by atoms with E-state index >= 15 is 0 Å². The number of hydrogen-bond donors (Lipinski definition) is 1. The Labute approximate surface area is 130 Å². The molecular weight excluding hydrogens is 342 g/mol. The molecule has 1 atom stereocenters. The van der Waals surface area contributed by atoms with Crippen LogP contribution in [0.5, 0.6) is 5.75 Å². The second-order valence-electron chi connectivity index (χ2n) is 4.51. The lowest BCUT2D eigenvalue weighted by Gasteiger charge is -2.16. The van der Waals surface area contributed by atoms with Gasteiger partial charge in [-0.1, -0.05) is 15.9 Å².